The van der Waals surface area contributed by atoms with Crippen molar-refractivity contribution in [2.75, 3.05) is 18.0 Å². The molecule has 1 aromatic rings. The highest BCUT2D eigenvalue weighted by Crippen LogP contribution is 2.17. The van der Waals surface area contributed by atoms with E-state index in [1.807, 2.05) is 13.8 Å². The van der Waals surface area contributed by atoms with Gasteiger partial charge in [0.05, 0.1) is 6.10 Å². The summed E-state index contributed by atoms with van der Waals surface area (Å²) in [6, 6.07) is 2.11. The van der Waals surface area contributed by atoms with E-state index in [1.165, 1.54) is 0 Å². The minimum atomic E-state index is 0.132. The first-order valence-corrected chi connectivity index (χ1v) is 6.15. The van der Waals surface area contributed by atoms with Gasteiger partial charge in [0.15, 0.2) is 0 Å². The molecule has 1 aliphatic heterocycles. The number of rotatable bonds is 3. The molecule has 0 spiro atoms. The van der Waals surface area contributed by atoms with Crippen LogP contribution in [0.1, 0.15) is 26.7 Å². The van der Waals surface area contributed by atoms with E-state index in [9.17, 15) is 0 Å². The first-order chi connectivity index (χ1) is 8.15. The van der Waals surface area contributed by atoms with Crippen molar-refractivity contribution in [3.8, 4) is 5.88 Å². The molecule has 17 heavy (non-hydrogen) atoms. The van der Waals surface area contributed by atoms with Gasteiger partial charge < -0.3 is 15.4 Å². The minimum absolute atomic E-state index is 0.132. The lowest BCUT2D eigenvalue weighted by atomic mass is 10.1. The summed E-state index contributed by atoms with van der Waals surface area (Å²) in [5.74, 6) is 1.38. The molecule has 94 valence electrons. The summed E-state index contributed by atoms with van der Waals surface area (Å²) in [6.07, 6.45) is 3.87. The highest BCUT2D eigenvalue weighted by atomic mass is 16.5. The molecule has 0 aromatic carbocycles. The van der Waals surface area contributed by atoms with Crippen molar-refractivity contribution in [3.05, 3.63) is 12.3 Å². The van der Waals surface area contributed by atoms with E-state index in [-0.39, 0.29) is 6.10 Å². The molecule has 5 nitrogen and oxygen atoms in total. The molecule has 2 heterocycles. The Bertz CT molecular complexity index is 361. The Morgan fingerprint density at radius 2 is 2.12 bits per heavy atom. The maximum Gasteiger partial charge on any atom is 0.228 e. The third-order valence-corrected chi connectivity index (χ3v) is 2.80. The van der Waals surface area contributed by atoms with Crippen molar-refractivity contribution in [2.45, 2.75) is 38.8 Å². The van der Waals surface area contributed by atoms with Crippen LogP contribution in [0, 0.1) is 0 Å². The summed E-state index contributed by atoms with van der Waals surface area (Å²) in [5.41, 5.74) is 5.88. The highest BCUT2D eigenvalue weighted by molar-refractivity contribution is 5.32. The van der Waals surface area contributed by atoms with E-state index in [0.29, 0.717) is 11.9 Å². The Morgan fingerprint density at radius 1 is 1.41 bits per heavy atom. The van der Waals surface area contributed by atoms with Crippen LogP contribution in [0.25, 0.3) is 0 Å². The van der Waals surface area contributed by atoms with E-state index in [0.717, 1.165) is 31.9 Å². The van der Waals surface area contributed by atoms with Crippen molar-refractivity contribution in [1.29, 1.82) is 0 Å². The lowest BCUT2D eigenvalue weighted by Crippen LogP contribution is -2.40. The predicted molar refractivity (Wildman–Crippen MR) is 67.2 cm³/mol. The van der Waals surface area contributed by atoms with Gasteiger partial charge in [-0.1, -0.05) is 0 Å². The fourth-order valence-electron chi connectivity index (χ4n) is 1.89. The molecular weight excluding hydrogens is 216 g/mol. The number of piperidine rings is 1. The second kappa shape index (κ2) is 5.31. The fourth-order valence-corrected chi connectivity index (χ4v) is 1.89. The van der Waals surface area contributed by atoms with Gasteiger partial charge in [0.25, 0.3) is 0 Å². The predicted octanol–water partition coefficient (Wildman–Crippen LogP) is 1.19. The van der Waals surface area contributed by atoms with Gasteiger partial charge >= 0.3 is 0 Å². The summed E-state index contributed by atoms with van der Waals surface area (Å²) in [4.78, 5) is 10.9. The monoisotopic (exact) mass is 236 g/mol. The molecule has 2 N–H and O–H groups in total. The van der Waals surface area contributed by atoms with E-state index in [4.69, 9.17) is 10.5 Å². The average Bonchev–Trinajstić information content (AvgIpc) is 2.29. The van der Waals surface area contributed by atoms with E-state index in [1.54, 1.807) is 12.3 Å². The lowest BCUT2D eigenvalue weighted by Gasteiger charge is -2.30. The first-order valence-electron chi connectivity index (χ1n) is 6.15. The number of aromatic nitrogens is 2. The van der Waals surface area contributed by atoms with Gasteiger partial charge in [-0.15, -0.1) is 0 Å². The molecule has 1 aromatic heterocycles. The second-order valence-corrected chi connectivity index (χ2v) is 4.69. The number of nitrogens with two attached hydrogens (primary N) is 1. The minimum Gasteiger partial charge on any atom is -0.475 e. The Kier molecular flexibility index (Phi) is 3.78. The Labute approximate surface area is 102 Å². The molecule has 0 bridgehead atoms. The largest absolute Gasteiger partial charge is 0.475 e. The maximum atomic E-state index is 5.88. The fraction of sp³-hybridized carbons (Fsp3) is 0.667. The quantitative estimate of drug-likeness (QED) is 0.854. The van der Waals surface area contributed by atoms with Crippen molar-refractivity contribution >= 4 is 5.95 Å². The number of nitrogens with zero attached hydrogens (tertiary/aromatic N) is 3. The molecule has 0 saturated carbocycles. The normalized spacial score (nSPS) is 17.5. The summed E-state index contributed by atoms with van der Waals surface area (Å²) >= 11 is 0. The van der Waals surface area contributed by atoms with Gasteiger partial charge in [-0.25, -0.2) is 4.98 Å². The highest BCUT2D eigenvalue weighted by Gasteiger charge is 2.18. The molecule has 1 fully saturated rings. The zero-order valence-electron chi connectivity index (χ0n) is 10.5. The molecule has 1 saturated heterocycles. The first kappa shape index (κ1) is 12.1. The van der Waals surface area contributed by atoms with Gasteiger partial charge in [0, 0.05) is 31.4 Å². The number of ether oxygens (including phenoxy) is 1. The summed E-state index contributed by atoms with van der Waals surface area (Å²) in [7, 11) is 0. The zero-order valence-corrected chi connectivity index (χ0v) is 10.5. The number of hydrogen-bond donors (Lipinski definition) is 1. The molecule has 2 rings (SSSR count). The van der Waals surface area contributed by atoms with Gasteiger partial charge in [-0.3, -0.25) is 0 Å². The molecular formula is C12H20N4O. The van der Waals surface area contributed by atoms with Crippen molar-refractivity contribution in [3.63, 3.8) is 0 Å². The van der Waals surface area contributed by atoms with Crippen LogP contribution in [-0.4, -0.2) is 35.2 Å². The SMILES string of the molecule is CC(C)Oc1ccnc(N2CCC(N)CC2)n1. The molecule has 0 unspecified atom stereocenters. The Balaban J connectivity index is 2.05. The summed E-state index contributed by atoms with van der Waals surface area (Å²) < 4.78 is 5.56. The van der Waals surface area contributed by atoms with Crippen LogP contribution >= 0.6 is 0 Å². The van der Waals surface area contributed by atoms with E-state index >= 15 is 0 Å². The molecule has 0 amide bonds. The summed E-state index contributed by atoms with van der Waals surface area (Å²) in [5, 5.41) is 0. The lowest BCUT2D eigenvalue weighted by molar-refractivity contribution is 0.232. The molecule has 0 atom stereocenters. The van der Waals surface area contributed by atoms with Crippen LogP contribution in [0.3, 0.4) is 0 Å². The van der Waals surface area contributed by atoms with Crippen LogP contribution in [0.2, 0.25) is 0 Å². The van der Waals surface area contributed by atoms with E-state index in [2.05, 4.69) is 14.9 Å². The molecule has 0 aliphatic carbocycles. The molecule has 0 radical (unpaired) electrons. The second-order valence-electron chi connectivity index (χ2n) is 4.69. The van der Waals surface area contributed by atoms with Crippen LogP contribution in [-0.2, 0) is 0 Å². The van der Waals surface area contributed by atoms with Crippen LogP contribution in [0.5, 0.6) is 5.88 Å². The van der Waals surface area contributed by atoms with Crippen LogP contribution < -0.4 is 15.4 Å². The zero-order chi connectivity index (χ0) is 12.3. The molecule has 5 heteroatoms. The topological polar surface area (TPSA) is 64.3 Å². The third-order valence-electron chi connectivity index (χ3n) is 2.80. The van der Waals surface area contributed by atoms with Gasteiger partial charge in [-0.2, -0.15) is 4.98 Å². The van der Waals surface area contributed by atoms with Crippen LogP contribution in [0.15, 0.2) is 12.3 Å². The van der Waals surface area contributed by atoms with Gasteiger partial charge in [0.1, 0.15) is 0 Å². The van der Waals surface area contributed by atoms with Gasteiger partial charge in [0.2, 0.25) is 11.8 Å². The van der Waals surface area contributed by atoms with E-state index < -0.39 is 0 Å². The van der Waals surface area contributed by atoms with Crippen LogP contribution in [0.4, 0.5) is 5.95 Å². The maximum absolute atomic E-state index is 5.88. The molecule has 1 aliphatic rings. The smallest absolute Gasteiger partial charge is 0.228 e. The Morgan fingerprint density at radius 3 is 2.76 bits per heavy atom. The number of hydrogen-bond acceptors (Lipinski definition) is 5. The van der Waals surface area contributed by atoms with Crippen molar-refractivity contribution < 1.29 is 4.74 Å². The Hall–Kier alpha value is -1.36. The average molecular weight is 236 g/mol. The number of anilines is 1. The standard InChI is InChI=1S/C12H20N4O/c1-9(2)17-11-3-6-14-12(15-11)16-7-4-10(13)5-8-16/h3,6,9-10H,4-5,7-8,13H2,1-2H3. The van der Waals surface area contributed by atoms with Crippen molar-refractivity contribution in [1.82, 2.24) is 9.97 Å². The van der Waals surface area contributed by atoms with Gasteiger partial charge in [-0.05, 0) is 26.7 Å². The van der Waals surface area contributed by atoms with Crippen molar-refractivity contribution in [2.24, 2.45) is 5.73 Å². The third kappa shape index (κ3) is 3.30. The summed E-state index contributed by atoms with van der Waals surface area (Å²) in [6.45, 7) is 5.82.